The SMILES string of the molecule is CCCCC/C=C\C/C=C\C/C=C\CC(O)C(O)CCCC(=O)OC[C@@H](O)COC(=O)CCCCCCCCCCCCCCCCCCCCC(C)CC. The zero-order valence-electron chi connectivity index (χ0n) is 36.1. The summed E-state index contributed by atoms with van der Waals surface area (Å²) >= 11 is 0. The third kappa shape index (κ3) is 40.1. The number of hydrogen-bond acceptors (Lipinski definition) is 7. The van der Waals surface area contributed by atoms with Crippen LogP contribution in [-0.4, -0.2) is 58.8 Å². The number of allylic oxidation sites excluding steroid dienone is 5. The van der Waals surface area contributed by atoms with Crippen molar-refractivity contribution in [2.45, 2.75) is 238 Å². The lowest BCUT2D eigenvalue weighted by molar-refractivity contribution is -0.152. The summed E-state index contributed by atoms with van der Waals surface area (Å²) in [6.45, 7) is 6.44. The van der Waals surface area contributed by atoms with Gasteiger partial charge in [0.15, 0.2) is 0 Å². The van der Waals surface area contributed by atoms with E-state index in [2.05, 4.69) is 45.1 Å². The maximum atomic E-state index is 12.0. The summed E-state index contributed by atoms with van der Waals surface area (Å²) in [5, 5.41) is 30.5. The predicted molar refractivity (Wildman–Crippen MR) is 231 cm³/mol. The van der Waals surface area contributed by atoms with Gasteiger partial charge in [-0.25, -0.2) is 0 Å². The molecule has 0 saturated carbocycles. The first-order valence-corrected chi connectivity index (χ1v) is 23.1. The molecule has 0 amide bonds. The summed E-state index contributed by atoms with van der Waals surface area (Å²) < 4.78 is 10.2. The fourth-order valence-corrected chi connectivity index (χ4v) is 6.58. The molecular formula is C48H88O7. The van der Waals surface area contributed by atoms with E-state index in [0.717, 1.165) is 44.4 Å². The highest BCUT2D eigenvalue weighted by Crippen LogP contribution is 2.17. The van der Waals surface area contributed by atoms with Crippen molar-refractivity contribution >= 4 is 11.9 Å². The van der Waals surface area contributed by atoms with Crippen molar-refractivity contribution < 1.29 is 34.4 Å². The van der Waals surface area contributed by atoms with Gasteiger partial charge in [0.2, 0.25) is 0 Å². The van der Waals surface area contributed by atoms with E-state index in [1.165, 1.54) is 128 Å². The molecule has 322 valence electrons. The molecule has 0 aliphatic carbocycles. The predicted octanol–water partition coefficient (Wildman–Crippen LogP) is 12.6. The van der Waals surface area contributed by atoms with Gasteiger partial charge in [-0.3, -0.25) is 9.59 Å². The van der Waals surface area contributed by atoms with Gasteiger partial charge in [0, 0.05) is 12.8 Å². The Balaban J connectivity index is 3.58. The molecule has 3 N–H and O–H groups in total. The number of unbranched alkanes of at least 4 members (excludes halogenated alkanes) is 20. The van der Waals surface area contributed by atoms with Crippen LogP contribution in [0.1, 0.15) is 220 Å². The molecule has 0 spiro atoms. The molecule has 0 saturated heterocycles. The monoisotopic (exact) mass is 777 g/mol. The van der Waals surface area contributed by atoms with Crippen LogP contribution in [0.25, 0.3) is 0 Å². The summed E-state index contributed by atoms with van der Waals surface area (Å²) in [6, 6.07) is 0. The van der Waals surface area contributed by atoms with Crippen LogP contribution in [0.4, 0.5) is 0 Å². The molecule has 7 nitrogen and oxygen atoms in total. The molecule has 55 heavy (non-hydrogen) atoms. The summed E-state index contributed by atoms with van der Waals surface area (Å²) in [6.07, 6.45) is 43.9. The molecule has 0 rings (SSSR count). The first-order valence-electron chi connectivity index (χ1n) is 23.1. The molecule has 0 aliphatic heterocycles. The highest BCUT2D eigenvalue weighted by Gasteiger charge is 2.16. The number of ether oxygens (including phenoxy) is 2. The van der Waals surface area contributed by atoms with Gasteiger partial charge in [-0.15, -0.1) is 0 Å². The summed E-state index contributed by atoms with van der Waals surface area (Å²) in [5.41, 5.74) is 0. The van der Waals surface area contributed by atoms with Crippen molar-refractivity contribution in [2.24, 2.45) is 5.92 Å². The molecule has 0 fully saturated rings. The van der Waals surface area contributed by atoms with Gasteiger partial charge in [0.1, 0.15) is 19.3 Å². The van der Waals surface area contributed by atoms with E-state index in [-0.39, 0.29) is 32.0 Å². The van der Waals surface area contributed by atoms with Gasteiger partial charge in [-0.1, -0.05) is 192 Å². The number of aliphatic hydroxyl groups is 3. The van der Waals surface area contributed by atoms with E-state index in [9.17, 15) is 24.9 Å². The summed E-state index contributed by atoms with van der Waals surface area (Å²) in [7, 11) is 0. The summed E-state index contributed by atoms with van der Waals surface area (Å²) in [4.78, 5) is 24.1. The lowest BCUT2D eigenvalue weighted by Gasteiger charge is -2.16. The molecule has 0 aromatic carbocycles. The lowest BCUT2D eigenvalue weighted by Crippen LogP contribution is -2.26. The normalized spacial score (nSPS) is 14.2. The van der Waals surface area contributed by atoms with Crippen LogP contribution >= 0.6 is 0 Å². The van der Waals surface area contributed by atoms with Crippen LogP contribution in [0.15, 0.2) is 36.5 Å². The van der Waals surface area contributed by atoms with E-state index in [0.29, 0.717) is 19.3 Å². The second-order valence-corrected chi connectivity index (χ2v) is 16.1. The number of hydrogen-bond donors (Lipinski definition) is 3. The summed E-state index contributed by atoms with van der Waals surface area (Å²) in [5.74, 6) is 0.0736. The maximum Gasteiger partial charge on any atom is 0.305 e. The smallest absolute Gasteiger partial charge is 0.305 e. The van der Waals surface area contributed by atoms with Crippen LogP contribution in [0.2, 0.25) is 0 Å². The van der Waals surface area contributed by atoms with Gasteiger partial charge >= 0.3 is 11.9 Å². The highest BCUT2D eigenvalue weighted by atomic mass is 16.6. The molecule has 0 aromatic heterocycles. The van der Waals surface area contributed by atoms with Crippen LogP contribution in [0, 0.1) is 5.92 Å². The minimum atomic E-state index is -1.07. The Labute approximate surface area is 339 Å². The maximum absolute atomic E-state index is 12.0. The van der Waals surface area contributed by atoms with Crippen molar-refractivity contribution in [3.05, 3.63) is 36.5 Å². The molecule has 7 heteroatoms. The van der Waals surface area contributed by atoms with Crippen LogP contribution in [0.5, 0.6) is 0 Å². The number of carbonyl (C=O) groups is 2. The Bertz CT molecular complexity index is 929. The van der Waals surface area contributed by atoms with Crippen LogP contribution in [-0.2, 0) is 19.1 Å². The highest BCUT2D eigenvalue weighted by molar-refractivity contribution is 5.69. The van der Waals surface area contributed by atoms with Gasteiger partial charge in [-0.2, -0.15) is 0 Å². The first kappa shape index (κ1) is 53.0. The Kier molecular flexibility index (Phi) is 40.2. The van der Waals surface area contributed by atoms with Crippen molar-refractivity contribution in [1.82, 2.24) is 0 Å². The van der Waals surface area contributed by atoms with Crippen molar-refractivity contribution in [3.63, 3.8) is 0 Å². The molecular weight excluding hydrogens is 689 g/mol. The van der Waals surface area contributed by atoms with Crippen molar-refractivity contribution in [1.29, 1.82) is 0 Å². The Morgan fingerprint density at radius 2 is 0.927 bits per heavy atom. The van der Waals surface area contributed by atoms with Gasteiger partial charge in [0.25, 0.3) is 0 Å². The van der Waals surface area contributed by atoms with E-state index >= 15 is 0 Å². The van der Waals surface area contributed by atoms with E-state index in [4.69, 9.17) is 9.47 Å². The zero-order valence-corrected chi connectivity index (χ0v) is 36.1. The third-order valence-corrected chi connectivity index (χ3v) is 10.6. The second kappa shape index (κ2) is 41.7. The van der Waals surface area contributed by atoms with Crippen LogP contribution in [0.3, 0.4) is 0 Å². The van der Waals surface area contributed by atoms with Crippen molar-refractivity contribution in [3.8, 4) is 0 Å². The molecule has 3 unspecified atom stereocenters. The third-order valence-electron chi connectivity index (χ3n) is 10.6. The number of carbonyl (C=O) groups excluding carboxylic acids is 2. The fourth-order valence-electron chi connectivity index (χ4n) is 6.58. The fraction of sp³-hybridized carbons (Fsp3) is 0.833. The minimum absolute atomic E-state index is 0.0725. The standard InChI is InChI=1S/C48H88O7/c1-4-6-7-8-9-10-11-21-24-27-30-33-37-45(50)46(51)38-35-40-48(53)55-42-44(49)41-54-47(52)39-34-31-28-25-22-19-17-15-13-12-14-16-18-20-23-26-29-32-36-43(3)5-2/h9-10,21,24,30,33,43-46,49-51H,4-8,11-20,22-23,25-29,31-32,34-42H2,1-3H3/b10-9-,24-21-,33-30-/t43?,44-,45?,46?/m0/s1. The number of aliphatic hydroxyl groups excluding tert-OH is 3. The lowest BCUT2D eigenvalue weighted by atomic mass is 9.99. The molecule has 0 heterocycles. The molecule has 0 bridgehead atoms. The molecule has 4 atom stereocenters. The zero-order chi connectivity index (χ0) is 40.5. The van der Waals surface area contributed by atoms with Gasteiger partial charge in [0.05, 0.1) is 12.2 Å². The molecule has 0 aromatic rings. The van der Waals surface area contributed by atoms with Gasteiger partial charge in [-0.05, 0) is 57.3 Å². The van der Waals surface area contributed by atoms with E-state index < -0.39 is 24.3 Å². The Morgan fingerprint density at radius 1 is 0.491 bits per heavy atom. The van der Waals surface area contributed by atoms with Crippen LogP contribution < -0.4 is 0 Å². The minimum Gasteiger partial charge on any atom is -0.463 e. The van der Waals surface area contributed by atoms with E-state index in [1.807, 2.05) is 12.2 Å². The van der Waals surface area contributed by atoms with Crippen molar-refractivity contribution in [2.75, 3.05) is 13.2 Å². The first-order chi connectivity index (χ1) is 26.8. The van der Waals surface area contributed by atoms with E-state index in [1.54, 1.807) is 0 Å². The molecule has 0 aliphatic rings. The Morgan fingerprint density at radius 3 is 1.42 bits per heavy atom. The quantitative estimate of drug-likeness (QED) is 0.0322. The average Bonchev–Trinajstić information content (AvgIpc) is 3.18. The number of rotatable bonds is 41. The number of esters is 2. The van der Waals surface area contributed by atoms with Gasteiger partial charge < -0.3 is 24.8 Å². The topological polar surface area (TPSA) is 113 Å². The molecule has 0 radical (unpaired) electrons. The second-order valence-electron chi connectivity index (χ2n) is 16.1. The largest absolute Gasteiger partial charge is 0.463 e. The Hall–Kier alpha value is -1.96. The average molecular weight is 777 g/mol.